The van der Waals surface area contributed by atoms with E-state index in [1.165, 1.54) is 0 Å². The standard InChI is InChI=1S/C8H10N6O2/c9-3-1-13(15)7(5(3)11)8-6(12)4(10)2-14(8)16/h1-2H,9-12H2/q-2. The highest BCUT2D eigenvalue weighted by molar-refractivity contribution is 5.91. The van der Waals surface area contributed by atoms with Crippen LogP contribution in [0, 0.1) is 10.4 Å². The van der Waals surface area contributed by atoms with Crippen LogP contribution < -0.4 is 22.9 Å². The van der Waals surface area contributed by atoms with Crippen LogP contribution in [0.25, 0.3) is 11.4 Å². The molecule has 0 atom stereocenters. The first-order valence-electron chi connectivity index (χ1n) is 4.31. The van der Waals surface area contributed by atoms with E-state index in [1.54, 1.807) is 0 Å². The van der Waals surface area contributed by atoms with Crippen LogP contribution in [-0.4, -0.2) is 9.46 Å². The maximum atomic E-state index is 11.5. The monoisotopic (exact) mass is 222 g/mol. The van der Waals surface area contributed by atoms with Gasteiger partial charge in [-0.3, -0.25) is 0 Å². The molecule has 2 heterocycles. The molecule has 0 aliphatic heterocycles. The van der Waals surface area contributed by atoms with Gasteiger partial charge >= 0.3 is 0 Å². The molecule has 86 valence electrons. The van der Waals surface area contributed by atoms with Crippen molar-refractivity contribution in [3.8, 4) is 11.4 Å². The summed E-state index contributed by atoms with van der Waals surface area (Å²) in [5.74, 6) is 0. The van der Waals surface area contributed by atoms with Gasteiger partial charge in [0.1, 0.15) is 0 Å². The number of anilines is 4. The molecule has 0 saturated heterocycles. The minimum Gasteiger partial charge on any atom is -0.805 e. The van der Waals surface area contributed by atoms with Crippen LogP contribution in [0.3, 0.4) is 0 Å². The molecule has 0 aliphatic rings. The van der Waals surface area contributed by atoms with Crippen molar-refractivity contribution in [3.63, 3.8) is 0 Å². The van der Waals surface area contributed by atoms with E-state index in [-0.39, 0.29) is 34.1 Å². The molecule has 0 saturated carbocycles. The Morgan fingerprint density at radius 1 is 0.750 bits per heavy atom. The minimum absolute atomic E-state index is 0.0110. The van der Waals surface area contributed by atoms with E-state index in [4.69, 9.17) is 22.9 Å². The van der Waals surface area contributed by atoms with Gasteiger partial charge in [-0.05, 0) is 0 Å². The fourth-order valence-electron chi connectivity index (χ4n) is 1.50. The van der Waals surface area contributed by atoms with Crippen molar-refractivity contribution in [2.24, 2.45) is 0 Å². The summed E-state index contributed by atoms with van der Waals surface area (Å²) in [6.07, 6.45) is 2.13. The second-order valence-corrected chi connectivity index (χ2v) is 3.35. The van der Waals surface area contributed by atoms with Crippen molar-refractivity contribution in [1.29, 1.82) is 0 Å². The van der Waals surface area contributed by atoms with E-state index in [2.05, 4.69) is 0 Å². The topological polar surface area (TPSA) is 160 Å². The van der Waals surface area contributed by atoms with E-state index in [1.807, 2.05) is 0 Å². The Morgan fingerprint density at radius 2 is 1.06 bits per heavy atom. The van der Waals surface area contributed by atoms with Gasteiger partial charge in [0, 0.05) is 12.4 Å². The van der Waals surface area contributed by atoms with Crippen molar-refractivity contribution in [2.75, 3.05) is 22.9 Å². The van der Waals surface area contributed by atoms with Gasteiger partial charge in [-0.25, -0.2) is 0 Å². The molecule has 8 nitrogen and oxygen atoms in total. The largest absolute Gasteiger partial charge is 0.805 e. The van der Waals surface area contributed by atoms with Crippen LogP contribution in [0.15, 0.2) is 12.4 Å². The third kappa shape index (κ3) is 1.10. The van der Waals surface area contributed by atoms with Gasteiger partial charge in [-0.15, -0.1) is 0 Å². The third-order valence-electron chi connectivity index (χ3n) is 2.31. The Hall–Kier alpha value is -2.64. The molecule has 0 bridgehead atoms. The fourth-order valence-corrected chi connectivity index (χ4v) is 1.50. The Kier molecular flexibility index (Phi) is 1.81. The van der Waals surface area contributed by atoms with Gasteiger partial charge in [-0.2, -0.15) is 0 Å². The lowest BCUT2D eigenvalue weighted by atomic mass is 10.2. The summed E-state index contributed by atoms with van der Waals surface area (Å²) in [7, 11) is 0. The molecule has 0 radical (unpaired) electrons. The summed E-state index contributed by atoms with van der Waals surface area (Å²) in [6, 6.07) is 0. The predicted octanol–water partition coefficient (Wildman–Crippen LogP) is -0.0228. The Morgan fingerprint density at radius 3 is 1.25 bits per heavy atom. The number of aromatic nitrogens is 2. The van der Waals surface area contributed by atoms with Crippen LogP contribution in [0.5, 0.6) is 0 Å². The zero-order valence-electron chi connectivity index (χ0n) is 8.18. The summed E-state index contributed by atoms with van der Waals surface area (Å²) in [5.41, 5.74) is 22.1. The Balaban J connectivity index is 2.76. The number of hydrogen-bond acceptors (Lipinski definition) is 6. The van der Waals surface area contributed by atoms with Crippen molar-refractivity contribution in [2.45, 2.75) is 0 Å². The highest BCUT2D eigenvalue weighted by atomic mass is 16.5. The molecule has 0 aromatic carbocycles. The zero-order chi connectivity index (χ0) is 12.0. The molecule has 0 amide bonds. The zero-order valence-corrected chi connectivity index (χ0v) is 8.18. The minimum atomic E-state index is -0.0818. The number of rotatable bonds is 1. The van der Waals surface area contributed by atoms with Gasteiger partial charge in [0.2, 0.25) is 0 Å². The highest BCUT2D eigenvalue weighted by Gasteiger charge is 2.16. The SMILES string of the molecule is Nc1cn([O-])c(-c2c(N)c(N)cn2[O-])c1N. The predicted molar refractivity (Wildman–Crippen MR) is 63.0 cm³/mol. The van der Waals surface area contributed by atoms with E-state index in [0.717, 1.165) is 12.4 Å². The van der Waals surface area contributed by atoms with Crippen LogP contribution in [0.1, 0.15) is 0 Å². The molecule has 8 N–H and O–H groups in total. The number of nitrogens with zero attached hydrogens (tertiary/aromatic N) is 2. The van der Waals surface area contributed by atoms with Crippen molar-refractivity contribution < 1.29 is 0 Å². The Labute approximate surface area is 90.2 Å². The van der Waals surface area contributed by atoms with Gasteiger partial charge in [-0.1, -0.05) is 0 Å². The number of nitrogen functional groups attached to an aromatic ring is 4. The van der Waals surface area contributed by atoms with E-state index >= 15 is 0 Å². The molecule has 2 aromatic heterocycles. The molecule has 2 rings (SSSR count). The molecular weight excluding hydrogens is 212 g/mol. The normalized spacial score (nSPS) is 10.8. The van der Waals surface area contributed by atoms with Crippen molar-refractivity contribution in [3.05, 3.63) is 22.8 Å². The summed E-state index contributed by atoms with van der Waals surface area (Å²) in [6.45, 7) is 0. The van der Waals surface area contributed by atoms with Crippen molar-refractivity contribution >= 4 is 22.7 Å². The van der Waals surface area contributed by atoms with Crippen LogP contribution in [0.4, 0.5) is 22.7 Å². The van der Waals surface area contributed by atoms with Gasteiger partial charge in [0.15, 0.2) is 0 Å². The molecule has 16 heavy (non-hydrogen) atoms. The van der Waals surface area contributed by atoms with Crippen LogP contribution >= 0.6 is 0 Å². The molecule has 2 aromatic rings. The van der Waals surface area contributed by atoms with Crippen molar-refractivity contribution in [1.82, 2.24) is 9.46 Å². The first kappa shape index (κ1) is 9.90. The molecular formula is C8H10N6O2-2. The summed E-state index contributed by atoms with van der Waals surface area (Å²) in [5, 5.41) is 23.0. The Bertz CT molecular complexity index is 505. The second kappa shape index (κ2) is 2.92. The van der Waals surface area contributed by atoms with Gasteiger partial charge in [0.25, 0.3) is 0 Å². The fraction of sp³-hybridized carbons (Fsp3) is 0. The average molecular weight is 222 g/mol. The number of hydrogen-bond donors (Lipinski definition) is 4. The van der Waals surface area contributed by atoms with Crippen LogP contribution in [0.2, 0.25) is 0 Å². The van der Waals surface area contributed by atoms with E-state index in [0.29, 0.717) is 9.46 Å². The maximum Gasteiger partial charge on any atom is 0.0875 e. The lowest BCUT2D eigenvalue weighted by Crippen LogP contribution is -2.00. The second-order valence-electron chi connectivity index (χ2n) is 3.35. The maximum absolute atomic E-state index is 11.5. The van der Waals surface area contributed by atoms with Gasteiger partial charge < -0.3 is 42.8 Å². The third-order valence-corrected chi connectivity index (χ3v) is 2.31. The van der Waals surface area contributed by atoms with E-state index in [9.17, 15) is 10.4 Å². The summed E-state index contributed by atoms with van der Waals surface area (Å²) in [4.78, 5) is 0. The first-order valence-corrected chi connectivity index (χ1v) is 4.31. The molecule has 0 spiro atoms. The van der Waals surface area contributed by atoms with Crippen LogP contribution in [-0.2, 0) is 0 Å². The first-order chi connectivity index (χ1) is 7.43. The molecule has 0 unspecified atom stereocenters. The molecule has 0 aliphatic carbocycles. The number of nitrogens with two attached hydrogens (primary N) is 4. The molecule has 0 fully saturated rings. The average Bonchev–Trinajstić information content (AvgIpc) is 2.57. The lowest BCUT2D eigenvalue weighted by molar-refractivity contribution is 1.05. The molecule has 8 heteroatoms. The smallest absolute Gasteiger partial charge is 0.0875 e. The van der Waals surface area contributed by atoms with E-state index < -0.39 is 0 Å². The highest BCUT2D eigenvalue weighted by Crippen LogP contribution is 2.38. The lowest BCUT2D eigenvalue weighted by Gasteiger charge is -2.18. The quantitative estimate of drug-likeness (QED) is 0.530. The van der Waals surface area contributed by atoms with Gasteiger partial charge in [0.05, 0.1) is 34.1 Å². The summed E-state index contributed by atoms with van der Waals surface area (Å²) < 4.78 is 0.786. The summed E-state index contributed by atoms with van der Waals surface area (Å²) >= 11 is 0.